The quantitative estimate of drug-likeness (QED) is 0.892. The van der Waals surface area contributed by atoms with Crippen LogP contribution in [0.5, 0.6) is 0 Å². The number of carboxylic acid groups (broad SMARTS) is 1. The molecule has 0 saturated carbocycles. The molecule has 2 aromatic carbocycles. The van der Waals surface area contributed by atoms with Crippen molar-refractivity contribution in [3.63, 3.8) is 0 Å². The van der Waals surface area contributed by atoms with Gasteiger partial charge < -0.3 is 5.11 Å². The second-order valence-corrected chi connectivity index (χ2v) is 4.31. The van der Waals surface area contributed by atoms with E-state index in [2.05, 4.69) is 0 Å². The van der Waals surface area contributed by atoms with Gasteiger partial charge in [-0.25, -0.2) is 0 Å². The van der Waals surface area contributed by atoms with Crippen molar-refractivity contribution in [3.8, 4) is 0 Å². The number of rotatable bonds is 2. The number of alkyl halides is 3. The van der Waals surface area contributed by atoms with E-state index >= 15 is 0 Å². The highest BCUT2D eigenvalue weighted by atomic mass is 19.4. The molecule has 2 rings (SSSR count). The Morgan fingerprint density at radius 1 is 1.11 bits per heavy atom. The van der Waals surface area contributed by atoms with E-state index in [0.717, 1.165) is 6.07 Å². The van der Waals surface area contributed by atoms with Gasteiger partial charge in [0.15, 0.2) is 0 Å². The topological polar surface area (TPSA) is 37.3 Å². The normalized spacial score (nSPS) is 13.5. The maximum absolute atomic E-state index is 12.9. The van der Waals surface area contributed by atoms with Crippen molar-refractivity contribution in [1.29, 1.82) is 0 Å². The Hall–Kier alpha value is -2.04. The highest BCUT2D eigenvalue weighted by Gasteiger charge is 2.32. The van der Waals surface area contributed by atoms with Gasteiger partial charge in [-0.2, -0.15) is 13.2 Å². The molecule has 1 N–H and O–H groups in total. The predicted octanol–water partition coefficient (Wildman–Crippen LogP) is 4.05. The molecule has 5 heteroatoms. The summed E-state index contributed by atoms with van der Waals surface area (Å²) >= 11 is 0. The maximum atomic E-state index is 12.9. The van der Waals surface area contributed by atoms with E-state index in [4.69, 9.17) is 5.11 Å². The monoisotopic (exact) mass is 268 g/mol. The molecule has 0 fully saturated rings. The lowest BCUT2D eigenvalue weighted by molar-refractivity contribution is -0.138. The molecule has 19 heavy (non-hydrogen) atoms. The molecule has 0 aliphatic heterocycles. The number of halogens is 3. The molecule has 0 heterocycles. The molecular formula is C14H11F3O2. The van der Waals surface area contributed by atoms with Crippen LogP contribution in [0.15, 0.2) is 36.4 Å². The smallest absolute Gasteiger partial charge is 0.417 e. The summed E-state index contributed by atoms with van der Waals surface area (Å²) < 4.78 is 38.7. The second kappa shape index (κ2) is 4.57. The zero-order valence-corrected chi connectivity index (χ0v) is 10.0. The molecule has 2 aromatic rings. The Bertz CT molecular complexity index is 632. The molecule has 2 nitrogen and oxygen atoms in total. The van der Waals surface area contributed by atoms with E-state index in [1.165, 1.54) is 31.2 Å². The molecule has 0 saturated heterocycles. The van der Waals surface area contributed by atoms with E-state index in [0.29, 0.717) is 10.9 Å². The molecular weight excluding hydrogens is 257 g/mol. The molecule has 0 radical (unpaired) electrons. The Morgan fingerprint density at radius 3 is 2.26 bits per heavy atom. The predicted molar refractivity (Wildman–Crippen MR) is 65.0 cm³/mol. The fourth-order valence-electron chi connectivity index (χ4n) is 2.09. The molecule has 0 amide bonds. The Kier molecular flexibility index (Phi) is 3.22. The summed E-state index contributed by atoms with van der Waals surface area (Å²) in [5.74, 6) is -1.92. The minimum Gasteiger partial charge on any atom is -0.481 e. The minimum atomic E-state index is -4.45. The molecule has 0 aliphatic carbocycles. The van der Waals surface area contributed by atoms with E-state index in [-0.39, 0.29) is 5.39 Å². The Balaban J connectivity index is 2.75. The van der Waals surface area contributed by atoms with Crippen LogP contribution in [-0.4, -0.2) is 11.1 Å². The van der Waals surface area contributed by atoms with Crippen LogP contribution in [0.25, 0.3) is 10.8 Å². The first-order valence-corrected chi connectivity index (χ1v) is 5.64. The van der Waals surface area contributed by atoms with Crippen LogP contribution >= 0.6 is 0 Å². The van der Waals surface area contributed by atoms with Crippen LogP contribution in [-0.2, 0) is 11.0 Å². The Labute approximate surface area is 107 Å². The SMILES string of the molecule is CC(C(=O)O)c1cccc2c(C(F)(F)F)cccc12. The van der Waals surface area contributed by atoms with Crippen molar-refractivity contribution < 1.29 is 23.1 Å². The van der Waals surface area contributed by atoms with Crippen LogP contribution in [0.4, 0.5) is 13.2 Å². The van der Waals surface area contributed by atoms with Gasteiger partial charge in [-0.05, 0) is 29.3 Å². The first kappa shape index (κ1) is 13.4. The highest BCUT2D eigenvalue weighted by Crippen LogP contribution is 2.36. The maximum Gasteiger partial charge on any atom is 0.417 e. The van der Waals surface area contributed by atoms with E-state index in [9.17, 15) is 18.0 Å². The van der Waals surface area contributed by atoms with Crippen LogP contribution in [0, 0.1) is 0 Å². The molecule has 100 valence electrons. The standard InChI is InChI=1S/C14H11F3O2/c1-8(13(18)19)9-4-2-6-11-10(9)5-3-7-12(11)14(15,16)17/h2-8H,1H3,(H,18,19). The molecule has 0 aromatic heterocycles. The van der Waals surface area contributed by atoms with Crippen molar-refractivity contribution in [2.45, 2.75) is 19.0 Å². The zero-order valence-electron chi connectivity index (χ0n) is 10.0. The van der Waals surface area contributed by atoms with Crippen LogP contribution in [0.3, 0.4) is 0 Å². The Morgan fingerprint density at radius 2 is 1.68 bits per heavy atom. The molecule has 1 atom stereocenters. The number of carboxylic acids is 1. The summed E-state index contributed by atoms with van der Waals surface area (Å²) in [5, 5.41) is 9.36. The van der Waals surface area contributed by atoms with Gasteiger partial charge in [0.25, 0.3) is 0 Å². The van der Waals surface area contributed by atoms with Gasteiger partial charge in [0.1, 0.15) is 0 Å². The summed E-state index contributed by atoms with van der Waals surface area (Å²) in [6.45, 7) is 1.46. The summed E-state index contributed by atoms with van der Waals surface area (Å²) in [6.07, 6.45) is -4.45. The summed E-state index contributed by atoms with van der Waals surface area (Å²) in [6, 6.07) is 8.16. The van der Waals surface area contributed by atoms with Crippen molar-refractivity contribution in [3.05, 3.63) is 47.5 Å². The van der Waals surface area contributed by atoms with E-state index in [1.54, 1.807) is 6.07 Å². The largest absolute Gasteiger partial charge is 0.481 e. The van der Waals surface area contributed by atoms with E-state index < -0.39 is 23.6 Å². The first-order chi connectivity index (χ1) is 8.82. The fourth-order valence-corrected chi connectivity index (χ4v) is 2.09. The van der Waals surface area contributed by atoms with Gasteiger partial charge in [0.2, 0.25) is 0 Å². The number of hydrogen-bond donors (Lipinski definition) is 1. The van der Waals surface area contributed by atoms with E-state index in [1.807, 2.05) is 0 Å². The van der Waals surface area contributed by atoms with Gasteiger partial charge in [-0.15, -0.1) is 0 Å². The van der Waals surface area contributed by atoms with Gasteiger partial charge in [0, 0.05) is 0 Å². The van der Waals surface area contributed by atoms with Crippen molar-refractivity contribution >= 4 is 16.7 Å². The fraction of sp³-hybridized carbons (Fsp3) is 0.214. The molecule has 0 bridgehead atoms. The molecule has 0 spiro atoms. The summed E-state index contributed by atoms with van der Waals surface area (Å²) in [5.41, 5.74) is -0.361. The molecule has 1 unspecified atom stereocenters. The third-order valence-corrected chi connectivity index (χ3v) is 3.10. The lowest BCUT2D eigenvalue weighted by Gasteiger charge is -2.14. The number of carbonyl (C=O) groups is 1. The zero-order chi connectivity index (χ0) is 14.2. The first-order valence-electron chi connectivity index (χ1n) is 5.64. The van der Waals surface area contributed by atoms with Crippen LogP contribution < -0.4 is 0 Å². The number of hydrogen-bond acceptors (Lipinski definition) is 1. The number of aliphatic carboxylic acids is 1. The third-order valence-electron chi connectivity index (χ3n) is 3.10. The van der Waals surface area contributed by atoms with Gasteiger partial charge in [-0.1, -0.05) is 30.3 Å². The van der Waals surface area contributed by atoms with Gasteiger partial charge >= 0.3 is 12.1 Å². The minimum absolute atomic E-state index is 0.0283. The van der Waals surface area contributed by atoms with Gasteiger partial charge in [0.05, 0.1) is 11.5 Å². The summed E-state index contributed by atoms with van der Waals surface area (Å²) in [4.78, 5) is 11.0. The van der Waals surface area contributed by atoms with Crippen molar-refractivity contribution in [2.75, 3.05) is 0 Å². The highest BCUT2D eigenvalue weighted by molar-refractivity contribution is 5.92. The van der Waals surface area contributed by atoms with Gasteiger partial charge in [-0.3, -0.25) is 4.79 Å². The average Bonchev–Trinajstić information content (AvgIpc) is 2.35. The lowest BCUT2D eigenvalue weighted by Crippen LogP contribution is -2.09. The second-order valence-electron chi connectivity index (χ2n) is 4.31. The van der Waals surface area contributed by atoms with Crippen molar-refractivity contribution in [2.24, 2.45) is 0 Å². The van der Waals surface area contributed by atoms with Crippen LogP contribution in [0.1, 0.15) is 24.0 Å². The molecule has 0 aliphatic rings. The van der Waals surface area contributed by atoms with Crippen LogP contribution in [0.2, 0.25) is 0 Å². The lowest BCUT2D eigenvalue weighted by atomic mass is 9.93. The summed E-state index contributed by atoms with van der Waals surface area (Å²) in [7, 11) is 0. The van der Waals surface area contributed by atoms with Crippen molar-refractivity contribution in [1.82, 2.24) is 0 Å². The number of fused-ring (bicyclic) bond motifs is 1. The third kappa shape index (κ3) is 2.41. The number of benzene rings is 2. The average molecular weight is 268 g/mol.